The van der Waals surface area contributed by atoms with E-state index in [1.54, 1.807) is 0 Å². The monoisotopic (exact) mass is 494 g/mol. The van der Waals surface area contributed by atoms with Gasteiger partial charge in [-0.15, -0.1) is 0 Å². The van der Waals surface area contributed by atoms with Crippen LogP contribution in [0.4, 0.5) is 0 Å². The molecule has 1 aromatic carbocycles. The van der Waals surface area contributed by atoms with Crippen molar-refractivity contribution in [3.8, 4) is 5.75 Å². The van der Waals surface area contributed by atoms with Crippen molar-refractivity contribution in [2.24, 2.45) is 5.92 Å². The van der Waals surface area contributed by atoms with E-state index in [2.05, 4.69) is 57.5 Å². The van der Waals surface area contributed by atoms with Gasteiger partial charge in [-0.25, -0.2) is 0 Å². The minimum atomic E-state index is 0.243. The average Bonchev–Trinajstić information content (AvgIpc) is 2.90. The van der Waals surface area contributed by atoms with E-state index in [4.69, 9.17) is 16.3 Å². The van der Waals surface area contributed by atoms with Crippen molar-refractivity contribution < 1.29 is 4.74 Å². The molecule has 0 atom stereocenters. The SMILES string of the molecule is CCCCN1C=C(c2ccc(OC3CCN(CC4CCNCC4)CC3)c(Cl)c2)c2ccncc2C1. The highest BCUT2D eigenvalue weighted by atomic mass is 35.5. The van der Waals surface area contributed by atoms with E-state index in [1.807, 2.05) is 12.4 Å². The van der Waals surface area contributed by atoms with Gasteiger partial charge in [-0.05, 0) is 86.0 Å². The van der Waals surface area contributed by atoms with E-state index in [0.717, 1.165) is 56.3 Å². The number of hydrogen-bond donors (Lipinski definition) is 1. The number of unbranched alkanes of at least 4 members (excludes halogenated alkanes) is 1. The van der Waals surface area contributed by atoms with Crippen LogP contribution in [0.1, 0.15) is 62.1 Å². The lowest BCUT2D eigenvalue weighted by molar-refractivity contribution is 0.0873. The maximum Gasteiger partial charge on any atom is 0.138 e. The Balaban J connectivity index is 1.23. The number of aromatic nitrogens is 1. The fraction of sp³-hybridized carbons (Fsp3) is 0.552. The molecule has 6 heteroatoms. The minimum absolute atomic E-state index is 0.243. The molecule has 5 nitrogen and oxygen atoms in total. The molecule has 5 rings (SSSR count). The first-order chi connectivity index (χ1) is 17.2. The fourth-order valence-electron chi connectivity index (χ4n) is 5.65. The molecule has 0 amide bonds. The van der Waals surface area contributed by atoms with Crippen molar-refractivity contribution >= 4 is 17.2 Å². The second kappa shape index (κ2) is 11.8. The van der Waals surface area contributed by atoms with E-state index in [-0.39, 0.29) is 6.10 Å². The summed E-state index contributed by atoms with van der Waals surface area (Å²) >= 11 is 6.78. The zero-order valence-corrected chi connectivity index (χ0v) is 21.8. The summed E-state index contributed by atoms with van der Waals surface area (Å²) in [5.74, 6) is 1.66. The van der Waals surface area contributed by atoms with Gasteiger partial charge in [-0.3, -0.25) is 4.98 Å². The third-order valence-electron chi connectivity index (χ3n) is 7.72. The van der Waals surface area contributed by atoms with Crippen LogP contribution in [-0.4, -0.2) is 60.2 Å². The smallest absolute Gasteiger partial charge is 0.138 e. The maximum atomic E-state index is 6.78. The zero-order valence-electron chi connectivity index (χ0n) is 21.0. The molecule has 1 N–H and O–H groups in total. The summed E-state index contributed by atoms with van der Waals surface area (Å²) < 4.78 is 6.40. The number of likely N-dealkylation sites (tertiary alicyclic amines) is 1. The molecule has 3 aliphatic rings. The summed E-state index contributed by atoms with van der Waals surface area (Å²) in [6, 6.07) is 8.41. The number of rotatable bonds is 8. The van der Waals surface area contributed by atoms with Crippen LogP contribution in [0.3, 0.4) is 0 Å². The molecule has 3 aliphatic heterocycles. The lowest BCUT2D eigenvalue weighted by atomic mass is 9.93. The van der Waals surface area contributed by atoms with Crippen LogP contribution in [0.15, 0.2) is 42.9 Å². The molecule has 0 spiro atoms. The topological polar surface area (TPSA) is 40.6 Å². The Bertz CT molecular complexity index is 1010. The second-order valence-corrected chi connectivity index (χ2v) is 10.8. The highest BCUT2D eigenvalue weighted by Crippen LogP contribution is 2.36. The normalized spacial score (nSPS) is 19.9. The van der Waals surface area contributed by atoms with Gasteiger partial charge in [0.1, 0.15) is 11.9 Å². The molecule has 0 bridgehead atoms. The van der Waals surface area contributed by atoms with E-state index >= 15 is 0 Å². The standard InChI is InChI=1S/C29H39ClN4O/c1-2-3-14-34-20-24-18-32-13-8-26(24)27(21-34)23-4-5-29(28(30)17-23)35-25-9-15-33(16-10-25)19-22-6-11-31-12-7-22/h4-5,8,13,17-18,21-22,25,31H,2-3,6-7,9-12,14-16,19-20H2,1H3. The Morgan fingerprint density at radius 1 is 1.11 bits per heavy atom. The molecule has 2 aromatic rings. The van der Waals surface area contributed by atoms with Gasteiger partial charge in [0, 0.05) is 56.9 Å². The molecule has 188 valence electrons. The molecular formula is C29H39ClN4O. The van der Waals surface area contributed by atoms with Gasteiger partial charge >= 0.3 is 0 Å². The highest BCUT2D eigenvalue weighted by Gasteiger charge is 2.25. The number of ether oxygens (including phenoxy) is 1. The first-order valence-corrected chi connectivity index (χ1v) is 13.9. The number of pyridine rings is 1. The van der Waals surface area contributed by atoms with Crippen LogP contribution in [0.5, 0.6) is 5.75 Å². The number of fused-ring (bicyclic) bond motifs is 1. The van der Waals surface area contributed by atoms with Crippen molar-refractivity contribution in [3.63, 3.8) is 0 Å². The number of nitrogens with zero attached hydrogens (tertiary/aromatic N) is 3. The first-order valence-electron chi connectivity index (χ1n) is 13.5. The number of halogens is 1. The van der Waals surface area contributed by atoms with Crippen LogP contribution in [0.2, 0.25) is 5.02 Å². The number of nitrogens with one attached hydrogen (secondary N) is 1. The highest BCUT2D eigenvalue weighted by molar-refractivity contribution is 6.32. The Morgan fingerprint density at radius 3 is 2.71 bits per heavy atom. The second-order valence-electron chi connectivity index (χ2n) is 10.4. The van der Waals surface area contributed by atoms with Crippen molar-refractivity contribution in [2.45, 2.75) is 58.1 Å². The van der Waals surface area contributed by atoms with Crippen LogP contribution >= 0.6 is 11.6 Å². The lowest BCUT2D eigenvalue weighted by Gasteiger charge is -2.35. The average molecular weight is 495 g/mol. The van der Waals surface area contributed by atoms with Crippen molar-refractivity contribution in [3.05, 3.63) is 64.6 Å². The molecule has 0 aliphatic carbocycles. The maximum absolute atomic E-state index is 6.78. The van der Waals surface area contributed by atoms with Gasteiger partial charge in [0.15, 0.2) is 0 Å². The zero-order chi connectivity index (χ0) is 24.0. The molecule has 1 aromatic heterocycles. The van der Waals surface area contributed by atoms with Gasteiger partial charge in [0.2, 0.25) is 0 Å². The van der Waals surface area contributed by atoms with Crippen LogP contribution in [0.25, 0.3) is 5.57 Å². The number of hydrogen-bond acceptors (Lipinski definition) is 5. The molecule has 0 radical (unpaired) electrons. The summed E-state index contributed by atoms with van der Waals surface area (Å²) in [7, 11) is 0. The quantitative estimate of drug-likeness (QED) is 0.518. The summed E-state index contributed by atoms with van der Waals surface area (Å²) in [5.41, 5.74) is 4.87. The molecule has 0 unspecified atom stereocenters. The number of piperidine rings is 2. The molecule has 35 heavy (non-hydrogen) atoms. The van der Waals surface area contributed by atoms with Crippen LogP contribution in [0, 0.1) is 5.92 Å². The van der Waals surface area contributed by atoms with E-state index < -0.39 is 0 Å². The largest absolute Gasteiger partial charge is 0.489 e. The molecular weight excluding hydrogens is 456 g/mol. The van der Waals surface area contributed by atoms with Crippen molar-refractivity contribution in [1.29, 1.82) is 0 Å². The summed E-state index contributed by atoms with van der Waals surface area (Å²) in [4.78, 5) is 9.40. The Hall–Kier alpha value is -2.08. The fourth-order valence-corrected chi connectivity index (χ4v) is 5.88. The molecule has 2 fully saturated rings. The Morgan fingerprint density at radius 2 is 1.94 bits per heavy atom. The van der Waals surface area contributed by atoms with E-state index in [1.165, 1.54) is 62.0 Å². The Kier molecular flexibility index (Phi) is 8.27. The van der Waals surface area contributed by atoms with Crippen LogP contribution < -0.4 is 10.1 Å². The van der Waals surface area contributed by atoms with E-state index in [9.17, 15) is 0 Å². The molecule has 0 saturated carbocycles. The summed E-state index contributed by atoms with van der Waals surface area (Å²) in [6.07, 6.45) is 13.6. The van der Waals surface area contributed by atoms with Crippen LogP contribution in [-0.2, 0) is 6.54 Å². The van der Waals surface area contributed by atoms with Gasteiger partial charge in [0.25, 0.3) is 0 Å². The van der Waals surface area contributed by atoms with Crippen molar-refractivity contribution in [1.82, 2.24) is 20.1 Å². The van der Waals surface area contributed by atoms with Gasteiger partial charge in [0.05, 0.1) is 5.02 Å². The third kappa shape index (κ3) is 6.19. The van der Waals surface area contributed by atoms with Crippen molar-refractivity contribution in [2.75, 3.05) is 39.3 Å². The summed E-state index contributed by atoms with van der Waals surface area (Å²) in [6.45, 7) is 10.0. The third-order valence-corrected chi connectivity index (χ3v) is 8.02. The predicted molar refractivity (Wildman–Crippen MR) is 144 cm³/mol. The van der Waals surface area contributed by atoms with Gasteiger partial charge in [-0.1, -0.05) is 31.0 Å². The minimum Gasteiger partial charge on any atom is -0.489 e. The Labute approximate surface area is 215 Å². The van der Waals surface area contributed by atoms with Gasteiger partial charge < -0.3 is 19.9 Å². The van der Waals surface area contributed by atoms with E-state index in [0.29, 0.717) is 5.02 Å². The number of benzene rings is 1. The molecule has 2 saturated heterocycles. The lowest BCUT2D eigenvalue weighted by Crippen LogP contribution is -2.42. The van der Waals surface area contributed by atoms with Gasteiger partial charge in [-0.2, -0.15) is 0 Å². The summed E-state index contributed by atoms with van der Waals surface area (Å²) in [5, 5.41) is 4.17. The molecule has 4 heterocycles. The first kappa shape index (κ1) is 24.6. The predicted octanol–water partition coefficient (Wildman–Crippen LogP) is 5.58.